The maximum atomic E-state index is 0. The smallest absolute Gasteiger partial charge is 0 e. The number of rotatable bonds is 0. The minimum Gasteiger partial charge on any atom is 0 e. The van der Waals surface area contributed by atoms with Gasteiger partial charge in [-0.05, 0) is 0 Å². The van der Waals surface area contributed by atoms with Crippen molar-refractivity contribution < 1.29 is 106 Å². The first-order chi connectivity index (χ1) is 0. The second-order valence-electron chi connectivity index (χ2n) is 0. The van der Waals surface area contributed by atoms with Crippen LogP contribution in [0, 0.1) is 36.9 Å². The van der Waals surface area contributed by atoms with Crippen molar-refractivity contribution in [2.45, 2.75) is 0 Å². The molecule has 0 fully saturated rings. The summed E-state index contributed by atoms with van der Waals surface area (Å²) in [6.07, 6.45) is 0. The zero-order valence-corrected chi connectivity index (χ0v) is 7.97. The van der Waals surface area contributed by atoms with E-state index in [1.54, 1.807) is 0 Å². The van der Waals surface area contributed by atoms with Crippen LogP contribution >= 0.6 is 0 Å². The Morgan fingerprint density at radius 2 is 1.00 bits per heavy atom. The molecule has 0 rings (SSSR count). The molecule has 5 heavy (non-hydrogen) atoms. The third-order valence-corrected chi connectivity index (χ3v) is 0. The first-order valence-electron chi connectivity index (χ1n) is 0. The van der Waals surface area contributed by atoms with Gasteiger partial charge in [0.05, 0.1) is 0 Å². The third kappa shape index (κ3) is 17.8. The molecular weight excluding hydrogens is 371 g/mol. The van der Waals surface area contributed by atoms with E-state index in [4.69, 9.17) is 0 Å². The molecule has 0 aromatic heterocycles. The minimum absolute atomic E-state index is 0. The van der Waals surface area contributed by atoms with E-state index in [1.165, 1.54) is 0 Å². The summed E-state index contributed by atoms with van der Waals surface area (Å²) in [5, 5.41) is 0. The van der Waals surface area contributed by atoms with Gasteiger partial charge in [0.1, 0.15) is 0 Å². The molecule has 0 aliphatic heterocycles. The van der Waals surface area contributed by atoms with Crippen molar-refractivity contribution in [1.82, 2.24) is 0 Å². The van der Waals surface area contributed by atoms with E-state index in [-0.39, 0.29) is 135 Å². The molecule has 0 atom stereocenters. The quantitative estimate of drug-likeness (QED) is 0.293. The van der Waals surface area contributed by atoms with Crippen LogP contribution in [0.2, 0.25) is 0 Å². The largest absolute Gasteiger partial charge is 0 e. The van der Waals surface area contributed by atoms with Gasteiger partial charge in [-0.1, -0.05) is 0 Å². The molecule has 0 aliphatic rings. The van der Waals surface area contributed by atoms with Crippen LogP contribution in [0.15, 0.2) is 0 Å². The zero-order valence-electron chi connectivity index (χ0n) is 2.23. The van der Waals surface area contributed by atoms with Crippen molar-refractivity contribution >= 4 is 29.6 Å². The molecule has 0 aliphatic carbocycles. The number of hydrogen-bond acceptors (Lipinski definition) is 0. The first kappa shape index (κ1) is 34.1. The second kappa shape index (κ2) is 23.7. The molecule has 0 N–H and O–H groups in total. The second-order valence-corrected chi connectivity index (χ2v) is 0. The predicted octanol–water partition coefficient (Wildman–Crippen LogP) is -6.64. The Kier molecular flexibility index (Phi) is 162. The SMILES string of the molecule is [I-].[Li+].[NaH].[Sc].[Tm]. The monoisotopic (exact) mass is 372 g/mol. The van der Waals surface area contributed by atoms with E-state index in [9.17, 15) is 0 Å². The zero-order chi connectivity index (χ0) is 0. The average molecular weight is 372 g/mol. The normalized spacial score (nSPS) is 0. The molecule has 5 heteroatoms. The van der Waals surface area contributed by atoms with Gasteiger partial charge >= 0.3 is 48.4 Å². The van der Waals surface area contributed by atoms with Crippen molar-refractivity contribution in [2.24, 2.45) is 0 Å². The van der Waals surface area contributed by atoms with E-state index in [0.717, 1.165) is 0 Å². The van der Waals surface area contributed by atoms with E-state index in [0.29, 0.717) is 0 Å². The van der Waals surface area contributed by atoms with Crippen LogP contribution in [0.25, 0.3) is 0 Å². The average Bonchev–Trinajstić information content (AvgIpc) is 0. The summed E-state index contributed by atoms with van der Waals surface area (Å²) in [4.78, 5) is 0. The van der Waals surface area contributed by atoms with Crippen molar-refractivity contribution in [1.29, 1.82) is 0 Å². The van der Waals surface area contributed by atoms with Crippen LogP contribution in [-0.4, -0.2) is 29.6 Å². The molecule has 0 saturated carbocycles. The molecule has 0 bridgehead atoms. The fourth-order valence-electron chi connectivity index (χ4n) is 0. The Morgan fingerprint density at radius 1 is 1.00 bits per heavy atom. The van der Waals surface area contributed by atoms with Gasteiger partial charge in [-0.25, -0.2) is 0 Å². The Bertz CT molecular complexity index is 11.6. The van der Waals surface area contributed by atoms with Gasteiger partial charge in [0.2, 0.25) is 0 Å². The molecular formula is HILiNaScTm. The molecule has 0 amide bonds. The fourth-order valence-corrected chi connectivity index (χ4v) is 0. The topological polar surface area (TPSA) is 0 Å². The van der Waals surface area contributed by atoms with Gasteiger partial charge in [0, 0.05) is 62.7 Å². The van der Waals surface area contributed by atoms with Crippen LogP contribution in [0.1, 0.15) is 0 Å². The van der Waals surface area contributed by atoms with Crippen molar-refractivity contribution in [2.75, 3.05) is 0 Å². The van der Waals surface area contributed by atoms with E-state index >= 15 is 0 Å². The molecule has 0 spiro atoms. The van der Waals surface area contributed by atoms with Crippen LogP contribution in [-0.2, 0) is 25.8 Å². The maximum absolute atomic E-state index is 0. The number of hydrogen-bond donors (Lipinski definition) is 0. The van der Waals surface area contributed by atoms with Gasteiger partial charge < -0.3 is 24.0 Å². The summed E-state index contributed by atoms with van der Waals surface area (Å²) < 4.78 is 0. The van der Waals surface area contributed by atoms with Crippen LogP contribution in [0.4, 0.5) is 0 Å². The molecule has 26 valence electrons. The summed E-state index contributed by atoms with van der Waals surface area (Å²) in [6, 6.07) is 0. The molecule has 0 heterocycles. The first-order valence-corrected chi connectivity index (χ1v) is 0. The van der Waals surface area contributed by atoms with Crippen LogP contribution in [0.3, 0.4) is 0 Å². The van der Waals surface area contributed by atoms with Crippen LogP contribution in [0.5, 0.6) is 0 Å². The fraction of sp³-hybridized carbons (Fsp3) is 0. The van der Waals surface area contributed by atoms with Gasteiger partial charge in [0.25, 0.3) is 0 Å². The van der Waals surface area contributed by atoms with Gasteiger partial charge in [0.15, 0.2) is 0 Å². The molecule has 2 radical (unpaired) electrons. The Morgan fingerprint density at radius 3 is 1.00 bits per heavy atom. The third-order valence-electron chi connectivity index (χ3n) is 0. The summed E-state index contributed by atoms with van der Waals surface area (Å²) in [5.41, 5.74) is 0. The van der Waals surface area contributed by atoms with Gasteiger partial charge in [-0.2, -0.15) is 0 Å². The standard InChI is InChI=1S/HI.Li.Na.Sc.Tm.H/h1H;;;;;/q;+1;;;;/p-1. The van der Waals surface area contributed by atoms with Crippen molar-refractivity contribution in [3.8, 4) is 0 Å². The molecule has 0 unspecified atom stereocenters. The number of halogens is 1. The van der Waals surface area contributed by atoms with E-state index < -0.39 is 0 Å². The summed E-state index contributed by atoms with van der Waals surface area (Å²) in [5.74, 6) is 0. The molecule has 0 saturated heterocycles. The summed E-state index contributed by atoms with van der Waals surface area (Å²) in [7, 11) is 0. The molecule has 0 aromatic rings. The van der Waals surface area contributed by atoms with E-state index in [1.807, 2.05) is 0 Å². The van der Waals surface area contributed by atoms with Crippen molar-refractivity contribution in [3.63, 3.8) is 0 Å². The Labute approximate surface area is 131 Å². The van der Waals surface area contributed by atoms with Crippen molar-refractivity contribution in [3.05, 3.63) is 0 Å². The predicted molar refractivity (Wildman–Crippen MR) is 7.15 cm³/mol. The Balaban J connectivity index is 0. The van der Waals surface area contributed by atoms with E-state index in [2.05, 4.69) is 0 Å². The maximum Gasteiger partial charge on any atom is 0 e. The Hall–Kier alpha value is 4.43. The van der Waals surface area contributed by atoms with Gasteiger partial charge in [-0.15, -0.1) is 0 Å². The minimum atomic E-state index is 0. The summed E-state index contributed by atoms with van der Waals surface area (Å²) >= 11 is 0. The van der Waals surface area contributed by atoms with Gasteiger partial charge in [-0.3, -0.25) is 0 Å². The summed E-state index contributed by atoms with van der Waals surface area (Å²) in [6.45, 7) is 0. The molecule has 0 aromatic carbocycles. The molecule has 0 nitrogen and oxygen atoms in total. The van der Waals surface area contributed by atoms with Crippen LogP contribution < -0.4 is 42.8 Å².